The number of nitrogens with zero attached hydrogens (tertiary/aromatic N) is 3. The number of aliphatic carboxylic acids is 1. The number of para-hydroxylation sites is 2. The van der Waals surface area contributed by atoms with Crippen LogP contribution in [0.2, 0.25) is 0 Å². The number of carbonyl (C=O) groups is 2. The van der Waals surface area contributed by atoms with Gasteiger partial charge in [0.25, 0.3) is 0 Å². The van der Waals surface area contributed by atoms with Crippen molar-refractivity contribution < 1.29 is 19.4 Å². The van der Waals surface area contributed by atoms with Gasteiger partial charge in [-0.15, -0.1) is 0 Å². The number of aryl methyl sites for hydroxylation is 1. The Morgan fingerprint density at radius 3 is 2.20 bits per heavy atom. The molecule has 5 aromatic rings. The molecular formula is C42H47N3O4. The van der Waals surface area contributed by atoms with E-state index in [4.69, 9.17) is 9.84 Å². The van der Waals surface area contributed by atoms with Crippen molar-refractivity contribution in [3.05, 3.63) is 132 Å². The molecule has 1 aliphatic heterocycles. The van der Waals surface area contributed by atoms with Gasteiger partial charge in [-0.3, -0.25) is 14.5 Å². The molecule has 0 radical (unpaired) electrons. The molecule has 1 atom stereocenters. The molecule has 1 saturated heterocycles. The molecule has 0 amide bonds. The van der Waals surface area contributed by atoms with Crippen LogP contribution in [-0.2, 0) is 11.3 Å². The summed E-state index contributed by atoms with van der Waals surface area (Å²) in [7, 11) is 0. The second kappa shape index (κ2) is 16.0. The Morgan fingerprint density at radius 1 is 0.776 bits per heavy atom. The van der Waals surface area contributed by atoms with Gasteiger partial charge in [-0.25, -0.2) is 0 Å². The van der Waals surface area contributed by atoms with Crippen molar-refractivity contribution in [1.29, 1.82) is 0 Å². The van der Waals surface area contributed by atoms with Gasteiger partial charge < -0.3 is 19.3 Å². The second-order valence-corrected chi connectivity index (χ2v) is 13.3. The second-order valence-electron chi connectivity index (χ2n) is 13.3. The van der Waals surface area contributed by atoms with E-state index in [9.17, 15) is 9.59 Å². The van der Waals surface area contributed by atoms with Gasteiger partial charge in [0.2, 0.25) is 0 Å². The van der Waals surface area contributed by atoms with E-state index < -0.39 is 5.97 Å². The summed E-state index contributed by atoms with van der Waals surface area (Å²) in [6, 6.07) is 34.5. The molecule has 6 rings (SSSR count). The van der Waals surface area contributed by atoms with E-state index >= 15 is 0 Å². The van der Waals surface area contributed by atoms with Crippen LogP contribution in [0.3, 0.4) is 0 Å². The number of carboxylic acids is 1. The van der Waals surface area contributed by atoms with Crippen LogP contribution in [0.15, 0.2) is 109 Å². The number of aromatic nitrogens is 1. The SMILES string of the molecule is CC(C)c1ccccc1N1CCN(CCCC(Oc2ccc(C(=O)c3cn(CCCC(=O)O)c4ccccc34)cc2)c2ccccc2)CC1. The fourth-order valence-corrected chi connectivity index (χ4v) is 6.96. The van der Waals surface area contributed by atoms with Crippen LogP contribution in [0.5, 0.6) is 5.75 Å². The van der Waals surface area contributed by atoms with Crippen LogP contribution < -0.4 is 9.64 Å². The highest BCUT2D eigenvalue weighted by Gasteiger charge is 2.22. The van der Waals surface area contributed by atoms with Crippen LogP contribution in [0.1, 0.15) is 78.6 Å². The van der Waals surface area contributed by atoms with E-state index in [1.165, 1.54) is 11.3 Å². The van der Waals surface area contributed by atoms with Gasteiger partial charge in [0.15, 0.2) is 5.78 Å². The molecule has 1 unspecified atom stereocenters. The number of hydrogen-bond acceptors (Lipinski definition) is 5. The quantitative estimate of drug-likeness (QED) is 0.114. The summed E-state index contributed by atoms with van der Waals surface area (Å²) in [6.07, 6.45) is 4.27. The number of carboxylic acid groups (broad SMARTS) is 1. The molecule has 0 spiro atoms. The maximum atomic E-state index is 13.7. The summed E-state index contributed by atoms with van der Waals surface area (Å²) < 4.78 is 8.57. The van der Waals surface area contributed by atoms with Gasteiger partial charge in [0.05, 0.1) is 0 Å². The Hall–Kier alpha value is -4.88. The van der Waals surface area contributed by atoms with Crippen molar-refractivity contribution >= 4 is 28.3 Å². The zero-order valence-corrected chi connectivity index (χ0v) is 28.6. The van der Waals surface area contributed by atoms with Crippen molar-refractivity contribution in [2.45, 2.75) is 58.1 Å². The van der Waals surface area contributed by atoms with Crippen LogP contribution in [-0.4, -0.2) is 59.0 Å². The standard InChI is InChI=1S/C42H47N3O4/c1-31(2)35-14-6-8-16-38(35)44-28-26-43(27-29-44)24-10-18-40(32-12-4-3-5-13-32)49-34-22-20-33(21-23-34)42(48)37-30-45(25-11-19-41(46)47)39-17-9-7-15-36(37)39/h3-9,12-17,20-23,30-31,40H,10-11,18-19,24-29H2,1-2H3,(H,46,47). The molecule has 1 aromatic heterocycles. The summed E-state index contributed by atoms with van der Waals surface area (Å²) in [5, 5.41) is 9.94. The molecule has 4 aromatic carbocycles. The predicted octanol–water partition coefficient (Wildman–Crippen LogP) is 8.58. The molecule has 0 aliphatic carbocycles. The minimum absolute atomic E-state index is 0.0628. The number of ketones is 1. The Bertz CT molecular complexity index is 1840. The Balaban J connectivity index is 1.07. The average Bonchev–Trinajstić information content (AvgIpc) is 3.50. The first kappa shape index (κ1) is 34.0. The maximum absolute atomic E-state index is 13.7. The van der Waals surface area contributed by atoms with Crippen molar-refractivity contribution in [3.8, 4) is 5.75 Å². The molecule has 2 heterocycles. The number of piperazine rings is 1. The molecule has 0 bridgehead atoms. The summed E-state index contributed by atoms with van der Waals surface area (Å²) in [5.74, 6) is 0.366. The third kappa shape index (κ3) is 8.41. The van der Waals surface area contributed by atoms with Crippen LogP contribution in [0, 0.1) is 0 Å². The molecule has 49 heavy (non-hydrogen) atoms. The van der Waals surface area contributed by atoms with Crippen LogP contribution in [0.4, 0.5) is 5.69 Å². The summed E-state index contributed by atoms with van der Waals surface area (Å²) in [5.41, 5.74) is 6.09. The number of rotatable bonds is 15. The first-order chi connectivity index (χ1) is 23.9. The zero-order chi connectivity index (χ0) is 34.2. The lowest BCUT2D eigenvalue weighted by Crippen LogP contribution is -2.47. The Morgan fingerprint density at radius 2 is 1.47 bits per heavy atom. The fourth-order valence-electron chi connectivity index (χ4n) is 6.96. The van der Waals surface area contributed by atoms with Crippen molar-refractivity contribution in [2.24, 2.45) is 0 Å². The molecule has 254 valence electrons. The minimum Gasteiger partial charge on any atom is -0.486 e. The van der Waals surface area contributed by atoms with Gasteiger partial charge in [-0.05, 0) is 79.3 Å². The Kier molecular flexibility index (Phi) is 11.1. The highest BCUT2D eigenvalue weighted by atomic mass is 16.5. The zero-order valence-electron chi connectivity index (χ0n) is 28.6. The monoisotopic (exact) mass is 657 g/mol. The lowest BCUT2D eigenvalue weighted by atomic mass is 10.00. The summed E-state index contributed by atoms with van der Waals surface area (Å²) in [6.45, 7) is 10.3. The van der Waals surface area contributed by atoms with E-state index in [1.54, 1.807) is 0 Å². The molecular weight excluding hydrogens is 610 g/mol. The number of ether oxygens (including phenoxy) is 1. The predicted molar refractivity (Wildman–Crippen MR) is 197 cm³/mol. The topological polar surface area (TPSA) is 75.0 Å². The van der Waals surface area contributed by atoms with E-state index in [1.807, 2.05) is 65.4 Å². The third-order valence-corrected chi connectivity index (χ3v) is 9.60. The van der Waals surface area contributed by atoms with Gasteiger partial charge in [-0.2, -0.15) is 0 Å². The smallest absolute Gasteiger partial charge is 0.303 e. The van der Waals surface area contributed by atoms with Crippen LogP contribution >= 0.6 is 0 Å². The van der Waals surface area contributed by atoms with E-state index in [0.717, 1.165) is 67.8 Å². The van der Waals surface area contributed by atoms with Gasteiger partial charge in [0.1, 0.15) is 11.9 Å². The van der Waals surface area contributed by atoms with Crippen LogP contribution in [0.25, 0.3) is 10.9 Å². The summed E-state index contributed by atoms with van der Waals surface area (Å²) in [4.78, 5) is 29.8. The number of hydrogen-bond donors (Lipinski definition) is 1. The number of benzene rings is 4. The van der Waals surface area contributed by atoms with Crippen molar-refractivity contribution in [1.82, 2.24) is 9.47 Å². The first-order valence-electron chi connectivity index (χ1n) is 17.6. The van der Waals surface area contributed by atoms with Gasteiger partial charge in [-0.1, -0.05) is 80.6 Å². The highest BCUT2D eigenvalue weighted by molar-refractivity contribution is 6.16. The largest absolute Gasteiger partial charge is 0.486 e. The molecule has 1 aliphatic rings. The van der Waals surface area contributed by atoms with E-state index in [2.05, 4.69) is 72.2 Å². The average molecular weight is 658 g/mol. The van der Waals surface area contributed by atoms with Gasteiger partial charge >= 0.3 is 5.97 Å². The Labute approximate surface area is 289 Å². The van der Waals surface area contributed by atoms with E-state index in [-0.39, 0.29) is 18.3 Å². The molecule has 1 N–H and O–H groups in total. The van der Waals surface area contributed by atoms with Crippen molar-refractivity contribution in [2.75, 3.05) is 37.6 Å². The number of fused-ring (bicyclic) bond motifs is 1. The first-order valence-corrected chi connectivity index (χ1v) is 17.6. The molecule has 1 fully saturated rings. The molecule has 7 heteroatoms. The maximum Gasteiger partial charge on any atom is 0.303 e. The normalized spacial score (nSPS) is 14.3. The highest BCUT2D eigenvalue weighted by Crippen LogP contribution is 2.30. The number of carbonyl (C=O) groups excluding carboxylic acids is 1. The fraction of sp³-hybridized carbons (Fsp3) is 0.333. The lowest BCUT2D eigenvalue weighted by Gasteiger charge is -2.37. The molecule has 0 saturated carbocycles. The van der Waals surface area contributed by atoms with Gasteiger partial charge in [0, 0.05) is 73.1 Å². The summed E-state index contributed by atoms with van der Waals surface area (Å²) >= 11 is 0. The van der Waals surface area contributed by atoms with Crippen molar-refractivity contribution in [3.63, 3.8) is 0 Å². The number of anilines is 1. The lowest BCUT2D eigenvalue weighted by molar-refractivity contribution is -0.137. The third-order valence-electron chi connectivity index (χ3n) is 9.60. The minimum atomic E-state index is -0.817. The molecule has 7 nitrogen and oxygen atoms in total. The van der Waals surface area contributed by atoms with E-state index in [0.29, 0.717) is 30.0 Å².